The number of hydrogen-bond donors (Lipinski definition) is 0. The minimum Gasteiger partial charge on any atom is -0.491 e. The Morgan fingerprint density at radius 3 is 2.41 bits per heavy atom. The molecule has 1 aliphatic carbocycles. The SMILES string of the molecule is CCOC(=O)C1C(=O)c2c(c(OC)c(F)c(F)c2[N+](=O)[O-])N(C2CC2)C1c1ccccc1. The molecule has 0 spiro atoms. The van der Waals surface area contributed by atoms with Crippen LogP contribution in [-0.2, 0) is 9.53 Å². The van der Waals surface area contributed by atoms with Gasteiger partial charge in [-0.15, -0.1) is 0 Å². The van der Waals surface area contributed by atoms with E-state index in [1.807, 2.05) is 0 Å². The number of fused-ring (bicyclic) bond motifs is 1. The van der Waals surface area contributed by atoms with Crippen molar-refractivity contribution in [3.8, 4) is 5.75 Å². The number of nitro groups is 1. The molecule has 1 aliphatic heterocycles. The molecule has 168 valence electrons. The lowest BCUT2D eigenvalue weighted by atomic mass is 9.79. The number of carbonyl (C=O) groups excluding carboxylic acids is 2. The van der Waals surface area contributed by atoms with E-state index in [4.69, 9.17) is 9.47 Å². The molecular weight excluding hydrogens is 426 g/mol. The number of nitrogens with zero attached hydrogens (tertiary/aromatic N) is 2. The van der Waals surface area contributed by atoms with Gasteiger partial charge in [-0.2, -0.15) is 8.78 Å². The molecular formula is C22H20F2N2O6. The van der Waals surface area contributed by atoms with Crippen LogP contribution in [0.15, 0.2) is 30.3 Å². The van der Waals surface area contributed by atoms with Crippen LogP contribution in [-0.4, -0.2) is 36.4 Å². The fraction of sp³-hybridized carbons (Fsp3) is 0.364. The van der Waals surface area contributed by atoms with Gasteiger partial charge in [-0.25, -0.2) is 0 Å². The fourth-order valence-electron chi connectivity index (χ4n) is 4.31. The molecule has 2 aromatic rings. The Labute approximate surface area is 181 Å². The van der Waals surface area contributed by atoms with E-state index in [9.17, 15) is 28.5 Å². The van der Waals surface area contributed by atoms with Gasteiger partial charge in [0.05, 0.1) is 24.7 Å². The van der Waals surface area contributed by atoms with Gasteiger partial charge in [0.1, 0.15) is 17.2 Å². The number of ketones is 1. The Hall–Kier alpha value is -3.56. The summed E-state index contributed by atoms with van der Waals surface area (Å²) >= 11 is 0. The van der Waals surface area contributed by atoms with Crippen molar-refractivity contribution in [2.75, 3.05) is 18.6 Å². The third kappa shape index (κ3) is 3.26. The van der Waals surface area contributed by atoms with Gasteiger partial charge in [0, 0.05) is 6.04 Å². The third-order valence-corrected chi connectivity index (χ3v) is 5.70. The first kappa shape index (κ1) is 21.7. The third-order valence-electron chi connectivity index (χ3n) is 5.70. The second kappa shape index (κ2) is 8.18. The lowest BCUT2D eigenvalue weighted by Gasteiger charge is -2.42. The smallest absolute Gasteiger partial charge is 0.321 e. The Morgan fingerprint density at radius 1 is 1.22 bits per heavy atom. The standard InChI is InChI=1S/C22H20F2N2O6/c1-3-32-22(28)14-17(11-7-5-4-6-8-11)25(12-9-10-12)19-13(20(14)27)18(26(29)30)15(23)16(24)21(19)31-2/h4-8,12,14,17H,3,9-10H2,1-2H3. The molecule has 32 heavy (non-hydrogen) atoms. The number of methoxy groups -OCH3 is 1. The second-order valence-electron chi connectivity index (χ2n) is 7.58. The number of Topliss-reactive ketones (excluding diaryl/α,β-unsaturated/α-hetero) is 1. The molecule has 2 atom stereocenters. The van der Waals surface area contributed by atoms with Crippen LogP contribution in [0, 0.1) is 27.7 Å². The van der Waals surface area contributed by atoms with Gasteiger partial charge in [-0.05, 0) is 25.3 Å². The lowest BCUT2D eigenvalue weighted by Crippen LogP contribution is -2.48. The van der Waals surface area contributed by atoms with E-state index in [0.29, 0.717) is 18.4 Å². The van der Waals surface area contributed by atoms with E-state index in [1.165, 1.54) is 0 Å². The van der Waals surface area contributed by atoms with Crippen molar-refractivity contribution in [3.63, 3.8) is 0 Å². The van der Waals surface area contributed by atoms with Crippen LogP contribution in [0.1, 0.15) is 41.7 Å². The van der Waals surface area contributed by atoms with Gasteiger partial charge >= 0.3 is 11.7 Å². The largest absolute Gasteiger partial charge is 0.491 e. The van der Waals surface area contributed by atoms with E-state index >= 15 is 0 Å². The van der Waals surface area contributed by atoms with Crippen LogP contribution >= 0.6 is 0 Å². The molecule has 1 heterocycles. The van der Waals surface area contributed by atoms with Gasteiger partial charge < -0.3 is 14.4 Å². The lowest BCUT2D eigenvalue weighted by molar-refractivity contribution is -0.388. The van der Waals surface area contributed by atoms with Crippen molar-refractivity contribution in [2.45, 2.75) is 31.8 Å². The minimum atomic E-state index is -1.81. The number of nitro benzene ring substituents is 1. The van der Waals surface area contributed by atoms with Crippen LogP contribution in [0.2, 0.25) is 0 Å². The Bertz CT molecular complexity index is 1100. The van der Waals surface area contributed by atoms with E-state index in [-0.39, 0.29) is 18.3 Å². The Kier molecular flexibility index (Phi) is 5.53. The van der Waals surface area contributed by atoms with Gasteiger partial charge in [0.2, 0.25) is 11.6 Å². The molecule has 2 aromatic carbocycles. The van der Waals surface area contributed by atoms with Crippen LogP contribution in [0.3, 0.4) is 0 Å². The highest BCUT2D eigenvalue weighted by Crippen LogP contribution is 2.55. The average molecular weight is 446 g/mol. The maximum Gasteiger partial charge on any atom is 0.321 e. The van der Waals surface area contributed by atoms with Crippen LogP contribution in [0.25, 0.3) is 0 Å². The van der Waals surface area contributed by atoms with Crippen LogP contribution in [0.4, 0.5) is 20.2 Å². The van der Waals surface area contributed by atoms with Gasteiger partial charge in [0.25, 0.3) is 0 Å². The summed E-state index contributed by atoms with van der Waals surface area (Å²) < 4.78 is 39.8. The monoisotopic (exact) mass is 446 g/mol. The van der Waals surface area contributed by atoms with Crippen molar-refractivity contribution in [1.82, 2.24) is 0 Å². The highest BCUT2D eigenvalue weighted by atomic mass is 19.2. The number of rotatable bonds is 6. The number of esters is 1. The summed E-state index contributed by atoms with van der Waals surface area (Å²) in [5, 5.41) is 11.7. The quantitative estimate of drug-likeness (QED) is 0.287. The molecule has 0 amide bonds. The van der Waals surface area contributed by atoms with Crippen LogP contribution in [0.5, 0.6) is 5.75 Å². The first-order valence-corrected chi connectivity index (χ1v) is 10.1. The molecule has 1 fully saturated rings. The molecule has 0 radical (unpaired) electrons. The van der Waals surface area contributed by atoms with Crippen molar-refractivity contribution in [2.24, 2.45) is 5.92 Å². The van der Waals surface area contributed by atoms with E-state index in [1.54, 1.807) is 42.2 Å². The molecule has 0 bridgehead atoms. The Balaban J connectivity index is 2.09. The normalized spacial score (nSPS) is 20.0. The predicted octanol–water partition coefficient (Wildman–Crippen LogP) is 3.97. The topological polar surface area (TPSA) is 99.0 Å². The van der Waals surface area contributed by atoms with Gasteiger partial charge in [-0.3, -0.25) is 19.7 Å². The molecule has 8 nitrogen and oxygen atoms in total. The van der Waals surface area contributed by atoms with E-state index in [0.717, 1.165) is 7.11 Å². The molecule has 1 saturated carbocycles. The van der Waals surface area contributed by atoms with Crippen LogP contribution < -0.4 is 9.64 Å². The molecule has 4 rings (SSSR count). The first-order valence-electron chi connectivity index (χ1n) is 10.1. The number of anilines is 1. The Morgan fingerprint density at radius 2 is 1.88 bits per heavy atom. The zero-order valence-electron chi connectivity index (χ0n) is 17.3. The molecule has 2 aliphatic rings. The zero-order valence-corrected chi connectivity index (χ0v) is 17.3. The summed E-state index contributed by atoms with van der Waals surface area (Å²) in [5.74, 6) is -7.37. The van der Waals surface area contributed by atoms with Gasteiger partial charge in [0.15, 0.2) is 11.5 Å². The highest BCUT2D eigenvalue weighted by Gasteiger charge is 2.55. The van der Waals surface area contributed by atoms with Crippen molar-refractivity contribution >= 4 is 23.1 Å². The maximum atomic E-state index is 14.9. The number of hydrogen-bond acceptors (Lipinski definition) is 7. The maximum absolute atomic E-state index is 14.9. The van der Waals surface area contributed by atoms with Crippen molar-refractivity contribution < 1.29 is 32.8 Å². The zero-order chi connectivity index (χ0) is 23.2. The number of carbonyl (C=O) groups is 2. The number of ether oxygens (including phenoxy) is 2. The molecule has 0 N–H and O–H groups in total. The fourth-order valence-corrected chi connectivity index (χ4v) is 4.31. The second-order valence-corrected chi connectivity index (χ2v) is 7.58. The molecule has 0 saturated heterocycles. The molecule has 10 heteroatoms. The van der Waals surface area contributed by atoms with E-state index < -0.39 is 57.3 Å². The summed E-state index contributed by atoms with van der Waals surface area (Å²) in [4.78, 5) is 38.7. The average Bonchev–Trinajstić information content (AvgIpc) is 3.60. The summed E-state index contributed by atoms with van der Waals surface area (Å²) in [6, 6.07) is 7.41. The summed E-state index contributed by atoms with van der Waals surface area (Å²) in [6.07, 6.45) is 1.28. The minimum absolute atomic E-state index is 0.0242. The van der Waals surface area contributed by atoms with E-state index in [2.05, 4.69) is 0 Å². The number of benzene rings is 2. The van der Waals surface area contributed by atoms with Crippen molar-refractivity contribution in [3.05, 3.63) is 63.2 Å². The number of halogens is 2. The van der Waals surface area contributed by atoms with Crippen molar-refractivity contribution in [1.29, 1.82) is 0 Å². The molecule has 2 unspecified atom stereocenters. The summed E-state index contributed by atoms with van der Waals surface area (Å²) in [7, 11) is 1.09. The first-order chi connectivity index (χ1) is 15.3. The summed E-state index contributed by atoms with van der Waals surface area (Å²) in [5.41, 5.74) is -1.64. The predicted molar refractivity (Wildman–Crippen MR) is 109 cm³/mol. The molecule has 0 aromatic heterocycles. The van der Waals surface area contributed by atoms with Gasteiger partial charge in [-0.1, -0.05) is 30.3 Å². The summed E-state index contributed by atoms with van der Waals surface area (Å²) in [6.45, 7) is 1.54. The highest BCUT2D eigenvalue weighted by molar-refractivity contribution is 6.17.